The first-order valence-corrected chi connectivity index (χ1v) is 20.7. The summed E-state index contributed by atoms with van der Waals surface area (Å²) in [6.07, 6.45) is 7.38. The van der Waals surface area contributed by atoms with Crippen molar-refractivity contribution >= 4 is 20.0 Å². The molecule has 4 nitrogen and oxygen atoms in total. The van der Waals surface area contributed by atoms with Crippen LogP contribution in [0.4, 0.5) is 0 Å². The zero-order valence-electron chi connectivity index (χ0n) is 27.8. The van der Waals surface area contributed by atoms with Crippen molar-refractivity contribution in [3.63, 3.8) is 0 Å². The van der Waals surface area contributed by atoms with E-state index in [1.807, 2.05) is 6.92 Å². The van der Waals surface area contributed by atoms with Gasteiger partial charge < -0.3 is 9.47 Å². The SMILES string of the molecule is CCOC(=O)[C@@H]1[C@H]2CCC[C@@H]2C=C(C(=O)O[C@@H]2[C@@H](C(c3ccccc3)c3ccccc3)[C@H]3CC[C@]2(C)C3(C)C)[C@@H]1[Si](C)(C)C. The van der Waals surface area contributed by atoms with Crippen LogP contribution in [0.25, 0.3) is 0 Å². The fourth-order valence-corrected chi connectivity index (χ4v) is 12.9. The Bertz CT molecular complexity index is 1350. The third kappa shape index (κ3) is 5.02. The maximum Gasteiger partial charge on any atom is 0.334 e. The normalized spacial score (nSPS) is 34.0. The average molecular weight is 613 g/mol. The highest BCUT2D eigenvalue weighted by Gasteiger charge is 2.69. The van der Waals surface area contributed by atoms with E-state index < -0.39 is 8.07 Å². The van der Waals surface area contributed by atoms with Gasteiger partial charge in [-0.05, 0) is 72.4 Å². The first-order chi connectivity index (χ1) is 20.9. The van der Waals surface area contributed by atoms with Gasteiger partial charge in [-0.15, -0.1) is 0 Å². The lowest BCUT2D eigenvalue weighted by atomic mass is 9.68. The summed E-state index contributed by atoms with van der Waals surface area (Å²) in [5, 5.41) is 0. The number of allylic oxidation sites excluding steroid dienone is 1. The van der Waals surface area contributed by atoms with Gasteiger partial charge in [-0.1, -0.05) is 114 Å². The molecule has 0 spiro atoms. The molecule has 0 heterocycles. The fourth-order valence-electron chi connectivity index (χ4n) is 10.3. The largest absolute Gasteiger partial charge is 0.466 e. The maximum absolute atomic E-state index is 14.8. The van der Waals surface area contributed by atoms with Crippen LogP contribution in [0.2, 0.25) is 25.2 Å². The van der Waals surface area contributed by atoms with Crippen LogP contribution in [0.1, 0.15) is 76.8 Å². The van der Waals surface area contributed by atoms with Crippen LogP contribution in [0, 0.1) is 40.4 Å². The Hall–Kier alpha value is -2.66. The van der Waals surface area contributed by atoms with Crippen molar-refractivity contribution < 1.29 is 19.1 Å². The number of esters is 2. The van der Waals surface area contributed by atoms with Crippen LogP contribution in [-0.4, -0.2) is 32.7 Å². The number of ether oxygens (including phenoxy) is 2. The lowest BCUT2D eigenvalue weighted by Gasteiger charge is -2.45. The third-order valence-corrected chi connectivity index (χ3v) is 15.2. The van der Waals surface area contributed by atoms with Gasteiger partial charge in [0, 0.05) is 22.8 Å². The number of carbonyl (C=O) groups is 2. The Kier molecular flexibility index (Phi) is 8.26. The van der Waals surface area contributed by atoms with Crippen LogP contribution in [0.15, 0.2) is 72.3 Å². The van der Waals surface area contributed by atoms with Crippen molar-refractivity contribution in [1.82, 2.24) is 0 Å². The van der Waals surface area contributed by atoms with E-state index in [2.05, 4.69) is 107 Å². The summed E-state index contributed by atoms with van der Waals surface area (Å²) in [7, 11) is -2.03. The van der Waals surface area contributed by atoms with Crippen LogP contribution in [0.5, 0.6) is 0 Å². The van der Waals surface area contributed by atoms with Gasteiger partial charge in [-0.25, -0.2) is 4.79 Å². The van der Waals surface area contributed by atoms with E-state index in [1.54, 1.807) is 0 Å². The molecule has 2 aromatic rings. The van der Waals surface area contributed by atoms with Crippen LogP contribution in [-0.2, 0) is 19.1 Å². The fraction of sp³-hybridized carbons (Fsp3) is 0.590. The summed E-state index contributed by atoms with van der Waals surface area (Å²) in [6.45, 7) is 16.3. The number of fused-ring (bicyclic) bond motifs is 3. The first-order valence-electron chi connectivity index (χ1n) is 17.1. The monoisotopic (exact) mass is 612 g/mol. The number of hydrogen-bond acceptors (Lipinski definition) is 4. The van der Waals surface area contributed by atoms with Gasteiger partial charge in [0.2, 0.25) is 0 Å². The molecule has 0 unspecified atom stereocenters. The van der Waals surface area contributed by atoms with Gasteiger partial charge in [-0.2, -0.15) is 0 Å². The molecule has 0 N–H and O–H groups in total. The molecule has 5 heteroatoms. The van der Waals surface area contributed by atoms with Gasteiger partial charge in [0.15, 0.2) is 0 Å². The summed E-state index contributed by atoms with van der Waals surface area (Å²) in [6, 6.07) is 21.7. The van der Waals surface area contributed by atoms with Gasteiger partial charge >= 0.3 is 11.9 Å². The van der Waals surface area contributed by atoms with Crippen LogP contribution < -0.4 is 0 Å². The molecule has 0 saturated heterocycles. The molecule has 4 aliphatic rings. The quantitative estimate of drug-likeness (QED) is 0.220. The van der Waals surface area contributed by atoms with E-state index in [-0.39, 0.29) is 64.0 Å². The standard InChI is InChI=1S/C39H52O4Si/c1-8-42-37(41)32-28-21-15-20-27(28)24-29(34(32)44(5,6)7)36(40)43-35-33(30-22-23-39(35,4)38(30,2)3)31(25-16-11-9-12-17-25)26-18-13-10-14-19-26/h9-14,16-19,24,27-28,30-35H,8,15,20-23H2,1-7H3/t27-,28+,30-,32-,33-,34+,35-,39+/m1/s1. The van der Waals surface area contributed by atoms with Crippen LogP contribution in [0.3, 0.4) is 0 Å². The summed E-state index contributed by atoms with van der Waals surface area (Å²) >= 11 is 0. The molecule has 6 rings (SSSR count). The van der Waals surface area contributed by atoms with Crippen molar-refractivity contribution in [3.8, 4) is 0 Å². The minimum absolute atomic E-state index is 0.0214. The van der Waals surface area contributed by atoms with Gasteiger partial charge in [0.25, 0.3) is 0 Å². The molecular weight excluding hydrogens is 561 g/mol. The molecule has 2 aromatic carbocycles. The summed E-state index contributed by atoms with van der Waals surface area (Å²) in [5.41, 5.74) is 3.11. The second-order valence-corrected chi connectivity index (χ2v) is 21.3. The van der Waals surface area contributed by atoms with Crippen LogP contribution >= 0.6 is 0 Å². The lowest BCUT2D eigenvalue weighted by Crippen LogP contribution is -2.48. The van der Waals surface area contributed by atoms with Gasteiger partial charge in [0.1, 0.15) is 6.10 Å². The predicted molar refractivity (Wildman–Crippen MR) is 179 cm³/mol. The highest BCUT2D eigenvalue weighted by atomic mass is 28.3. The molecule has 3 saturated carbocycles. The number of hydrogen-bond donors (Lipinski definition) is 0. The second kappa shape index (κ2) is 11.6. The molecule has 0 aromatic heterocycles. The van der Waals surface area contributed by atoms with Crippen molar-refractivity contribution in [1.29, 1.82) is 0 Å². The molecule has 0 amide bonds. The summed E-state index contributed by atoms with van der Waals surface area (Å²) < 4.78 is 12.7. The zero-order valence-corrected chi connectivity index (χ0v) is 28.8. The molecular formula is C39H52O4Si. The van der Waals surface area contributed by atoms with Crippen molar-refractivity contribution in [2.45, 2.75) is 97.0 Å². The molecule has 3 fully saturated rings. The predicted octanol–water partition coefficient (Wildman–Crippen LogP) is 9.05. The minimum atomic E-state index is -2.03. The number of rotatable bonds is 8. The number of benzene rings is 2. The molecule has 44 heavy (non-hydrogen) atoms. The molecule has 0 aliphatic heterocycles. The van der Waals surface area contributed by atoms with Gasteiger partial charge in [0.05, 0.1) is 20.6 Å². The first kappa shape index (κ1) is 31.3. The van der Waals surface area contributed by atoms with E-state index in [4.69, 9.17) is 9.47 Å². The smallest absolute Gasteiger partial charge is 0.334 e. The van der Waals surface area contributed by atoms with E-state index in [9.17, 15) is 9.59 Å². The maximum atomic E-state index is 14.8. The lowest BCUT2D eigenvalue weighted by molar-refractivity contribution is -0.157. The Morgan fingerprint density at radius 2 is 1.52 bits per heavy atom. The Morgan fingerprint density at radius 3 is 2.09 bits per heavy atom. The molecule has 8 atom stereocenters. The Morgan fingerprint density at radius 1 is 0.909 bits per heavy atom. The van der Waals surface area contributed by atoms with E-state index in [0.29, 0.717) is 12.5 Å². The third-order valence-electron chi connectivity index (χ3n) is 12.7. The minimum Gasteiger partial charge on any atom is -0.466 e. The molecule has 236 valence electrons. The Labute approximate surface area is 266 Å². The van der Waals surface area contributed by atoms with Gasteiger partial charge in [-0.3, -0.25) is 4.79 Å². The molecule has 2 bridgehead atoms. The highest BCUT2D eigenvalue weighted by molar-refractivity contribution is 6.79. The average Bonchev–Trinajstić information content (AvgIpc) is 3.60. The highest BCUT2D eigenvalue weighted by Crippen LogP contribution is 2.71. The second-order valence-electron chi connectivity index (χ2n) is 16.0. The van der Waals surface area contributed by atoms with E-state index >= 15 is 0 Å². The Balaban J connectivity index is 1.43. The molecule has 4 aliphatic carbocycles. The molecule has 0 radical (unpaired) electrons. The summed E-state index contributed by atoms with van der Waals surface area (Å²) in [4.78, 5) is 28.4. The number of carbonyl (C=O) groups excluding carboxylic acids is 2. The van der Waals surface area contributed by atoms with Crippen molar-refractivity contribution in [3.05, 3.63) is 83.4 Å². The van der Waals surface area contributed by atoms with Crippen molar-refractivity contribution in [2.24, 2.45) is 40.4 Å². The topological polar surface area (TPSA) is 52.6 Å². The van der Waals surface area contributed by atoms with Crippen molar-refractivity contribution in [2.75, 3.05) is 6.61 Å². The van der Waals surface area contributed by atoms with E-state index in [1.165, 1.54) is 11.1 Å². The summed E-state index contributed by atoms with van der Waals surface area (Å²) in [5.74, 6) is 0.652. The van der Waals surface area contributed by atoms with E-state index in [0.717, 1.165) is 37.7 Å². The zero-order chi connectivity index (χ0) is 31.4.